The van der Waals surface area contributed by atoms with Gasteiger partial charge < -0.3 is 15.0 Å². The van der Waals surface area contributed by atoms with Gasteiger partial charge in [-0.2, -0.15) is 0 Å². The largest absolute Gasteiger partial charge is 0.494 e. The molecule has 1 N–H and O–H groups in total. The van der Waals surface area contributed by atoms with E-state index in [1.807, 2.05) is 37.3 Å². The Hall–Kier alpha value is -4.12. The molecule has 2 amide bonds. The van der Waals surface area contributed by atoms with E-state index in [-0.39, 0.29) is 35.5 Å². The number of rotatable bonds is 14. The smallest absolute Gasteiger partial charge is 0.264 e. The Balaban J connectivity index is 1.59. The second kappa shape index (κ2) is 17.2. The molecule has 1 saturated carbocycles. The third kappa shape index (κ3) is 9.35. The minimum absolute atomic E-state index is 0.0467. The van der Waals surface area contributed by atoms with Crippen LogP contribution >= 0.6 is 23.2 Å². The Morgan fingerprint density at radius 1 is 0.880 bits per heavy atom. The molecule has 0 bridgehead atoms. The maximum absolute atomic E-state index is 14.8. The molecule has 12 heteroatoms. The Labute approximate surface area is 303 Å². The molecule has 1 aliphatic carbocycles. The molecule has 4 aromatic rings. The van der Waals surface area contributed by atoms with Crippen LogP contribution in [0.4, 0.5) is 10.1 Å². The van der Waals surface area contributed by atoms with Crippen molar-refractivity contribution in [1.29, 1.82) is 0 Å². The van der Waals surface area contributed by atoms with E-state index in [2.05, 4.69) is 5.32 Å². The van der Waals surface area contributed by atoms with Crippen molar-refractivity contribution in [2.75, 3.05) is 17.5 Å². The topological polar surface area (TPSA) is 96.0 Å². The molecule has 4 aromatic carbocycles. The van der Waals surface area contributed by atoms with Gasteiger partial charge in [-0.05, 0) is 86.0 Å². The summed E-state index contributed by atoms with van der Waals surface area (Å²) in [5, 5.41) is 3.76. The first-order valence-electron chi connectivity index (χ1n) is 16.6. The van der Waals surface area contributed by atoms with Crippen LogP contribution in [0, 0.1) is 5.82 Å². The summed E-state index contributed by atoms with van der Waals surface area (Å²) < 4.78 is 48.8. The van der Waals surface area contributed by atoms with E-state index in [9.17, 15) is 22.4 Å². The highest BCUT2D eigenvalue weighted by molar-refractivity contribution is 7.92. The number of sulfonamides is 1. The van der Waals surface area contributed by atoms with E-state index in [1.54, 1.807) is 30.3 Å². The van der Waals surface area contributed by atoms with Crippen LogP contribution in [0.2, 0.25) is 10.0 Å². The first kappa shape index (κ1) is 37.1. The number of nitrogens with zero attached hydrogens (tertiary/aromatic N) is 2. The molecule has 0 aromatic heterocycles. The molecule has 1 fully saturated rings. The average molecular weight is 741 g/mol. The zero-order valence-corrected chi connectivity index (χ0v) is 30.1. The van der Waals surface area contributed by atoms with Crippen LogP contribution in [0.3, 0.4) is 0 Å². The fourth-order valence-electron chi connectivity index (χ4n) is 6.09. The maximum atomic E-state index is 14.8. The fraction of sp³-hybridized carbons (Fsp3) is 0.316. The van der Waals surface area contributed by atoms with E-state index in [4.69, 9.17) is 27.9 Å². The minimum Gasteiger partial charge on any atom is -0.494 e. The van der Waals surface area contributed by atoms with E-state index in [1.165, 1.54) is 17.0 Å². The zero-order valence-electron chi connectivity index (χ0n) is 27.7. The Bertz CT molecular complexity index is 1840. The summed E-state index contributed by atoms with van der Waals surface area (Å²) in [5.41, 5.74) is 1.40. The van der Waals surface area contributed by atoms with Crippen LogP contribution in [-0.4, -0.2) is 50.4 Å². The van der Waals surface area contributed by atoms with Gasteiger partial charge >= 0.3 is 0 Å². The monoisotopic (exact) mass is 739 g/mol. The van der Waals surface area contributed by atoms with Crippen LogP contribution < -0.4 is 14.4 Å². The molecule has 0 aliphatic heterocycles. The van der Waals surface area contributed by atoms with Gasteiger partial charge in [0.25, 0.3) is 10.0 Å². The quantitative estimate of drug-likeness (QED) is 0.142. The number of carbonyl (C=O) groups is 2. The lowest BCUT2D eigenvalue weighted by Crippen LogP contribution is -2.55. The summed E-state index contributed by atoms with van der Waals surface area (Å²) in [6, 6.07) is 23.8. The number of hydrogen-bond acceptors (Lipinski definition) is 5. The van der Waals surface area contributed by atoms with Crippen molar-refractivity contribution in [3.63, 3.8) is 0 Å². The normalized spacial score (nSPS) is 14.1. The minimum atomic E-state index is -4.42. The lowest BCUT2D eigenvalue weighted by molar-refractivity contribution is -0.140. The average Bonchev–Trinajstić information content (AvgIpc) is 3.11. The zero-order chi connectivity index (χ0) is 35.7. The van der Waals surface area contributed by atoms with Crippen molar-refractivity contribution in [3.8, 4) is 5.75 Å². The predicted molar refractivity (Wildman–Crippen MR) is 195 cm³/mol. The number of anilines is 1. The van der Waals surface area contributed by atoms with Crippen LogP contribution in [0.15, 0.2) is 102 Å². The van der Waals surface area contributed by atoms with Gasteiger partial charge in [-0.25, -0.2) is 12.8 Å². The Morgan fingerprint density at radius 2 is 1.52 bits per heavy atom. The maximum Gasteiger partial charge on any atom is 0.264 e. The molecule has 50 heavy (non-hydrogen) atoms. The molecule has 0 heterocycles. The molecular weight excluding hydrogens is 700 g/mol. The highest BCUT2D eigenvalue weighted by Gasteiger charge is 2.36. The van der Waals surface area contributed by atoms with Gasteiger partial charge in [0.2, 0.25) is 11.8 Å². The number of carbonyl (C=O) groups excluding carboxylic acids is 2. The van der Waals surface area contributed by atoms with Crippen molar-refractivity contribution in [3.05, 3.63) is 124 Å². The van der Waals surface area contributed by atoms with E-state index in [0.29, 0.717) is 28.0 Å². The number of halogens is 3. The molecule has 5 rings (SSSR count). The summed E-state index contributed by atoms with van der Waals surface area (Å²) in [4.78, 5) is 30.2. The molecule has 0 spiro atoms. The summed E-state index contributed by atoms with van der Waals surface area (Å²) in [6.07, 6.45) is 4.89. The molecule has 1 atom stereocenters. The Morgan fingerprint density at radius 3 is 2.14 bits per heavy atom. The number of ether oxygens (including phenoxy) is 1. The van der Waals surface area contributed by atoms with Gasteiger partial charge in [-0.1, -0.05) is 78.9 Å². The summed E-state index contributed by atoms with van der Waals surface area (Å²) in [7, 11) is -4.42. The summed E-state index contributed by atoms with van der Waals surface area (Å²) in [5.74, 6) is -1.12. The second-order valence-corrected chi connectivity index (χ2v) is 14.8. The summed E-state index contributed by atoms with van der Waals surface area (Å²) >= 11 is 13.2. The molecule has 0 radical (unpaired) electrons. The van der Waals surface area contributed by atoms with Crippen LogP contribution in [-0.2, 0) is 32.6 Å². The predicted octanol–water partition coefficient (Wildman–Crippen LogP) is 7.82. The van der Waals surface area contributed by atoms with Gasteiger partial charge in [0.05, 0.1) is 17.2 Å². The lowest BCUT2D eigenvalue weighted by atomic mass is 9.94. The first-order valence-corrected chi connectivity index (χ1v) is 18.8. The third-order valence-electron chi connectivity index (χ3n) is 8.73. The van der Waals surface area contributed by atoms with Gasteiger partial charge in [0.1, 0.15) is 24.2 Å². The van der Waals surface area contributed by atoms with Crippen molar-refractivity contribution < 1.29 is 27.1 Å². The second-order valence-electron chi connectivity index (χ2n) is 12.2. The van der Waals surface area contributed by atoms with E-state index >= 15 is 0 Å². The first-order chi connectivity index (χ1) is 24.1. The highest BCUT2D eigenvalue weighted by atomic mass is 35.5. The van der Waals surface area contributed by atoms with Gasteiger partial charge in [-0.3, -0.25) is 13.9 Å². The van der Waals surface area contributed by atoms with Gasteiger partial charge in [0.15, 0.2) is 0 Å². The van der Waals surface area contributed by atoms with E-state index in [0.717, 1.165) is 66.2 Å². The Kier molecular flexibility index (Phi) is 12.8. The standard InChI is InChI=1S/C38H40Cl2FN3O5S/c1-2-49-31-20-18-30(19-21-31)44(50(47,48)32-22-16-28(41)17-23-32)26-37(45)43(25-33-34(39)14-9-15-35(33)40)36(24-27-10-5-3-6-11-27)38(46)42-29-12-7-4-8-13-29/h3,5-6,9-11,14-23,29,36H,2,4,7-8,12-13,24-26H2,1H3,(H,42,46)/t36-/m1/s1. The molecule has 1 aliphatic rings. The van der Waals surface area contributed by atoms with E-state index < -0.39 is 34.3 Å². The molecule has 264 valence electrons. The highest BCUT2D eigenvalue weighted by Crippen LogP contribution is 2.30. The van der Waals surface area contributed by atoms with Gasteiger partial charge in [-0.15, -0.1) is 0 Å². The van der Waals surface area contributed by atoms with Crippen molar-refractivity contribution in [1.82, 2.24) is 10.2 Å². The van der Waals surface area contributed by atoms with Crippen molar-refractivity contribution in [2.45, 2.75) is 69.0 Å². The van der Waals surface area contributed by atoms with Crippen molar-refractivity contribution >= 4 is 50.7 Å². The fourth-order valence-corrected chi connectivity index (χ4v) is 8.02. The number of hydrogen-bond donors (Lipinski definition) is 1. The van der Waals surface area contributed by atoms with Crippen LogP contribution in [0.25, 0.3) is 0 Å². The molecular formula is C38H40Cl2FN3O5S. The number of benzene rings is 4. The third-order valence-corrected chi connectivity index (χ3v) is 11.2. The lowest BCUT2D eigenvalue weighted by Gasteiger charge is -2.35. The molecule has 8 nitrogen and oxygen atoms in total. The molecule has 0 unspecified atom stereocenters. The number of nitrogens with one attached hydrogen (secondary N) is 1. The van der Waals surface area contributed by atoms with Crippen molar-refractivity contribution in [2.24, 2.45) is 0 Å². The van der Waals surface area contributed by atoms with Crippen LogP contribution in [0.5, 0.6) is 5.75 Å². The number of amides is 2. The van der Waals surface area contributed by atoms with Gasteiger partial charge in [0, 0.05) is 34.6 Å². The SMILES string of the molecule is CCOc1ccc(N(CC(=O)N(Cc2c(Cl)cccc2Cl)[C@H](Cc2ccccc2)C(=O)NC2CCCCC2)S(=O)(=O)c2ccc(F)cc2)cc1. The van der Waals surface area contributed by atoms with Crippen LogP contribution in [0.1, 0.15) is 50.2 Å². The summed E-state index contributed by atoms with van der Waals surface area (Å²) in [6.45, 7) is 1.38. The molecule has 0 saturated heterocycles.